The molecule has 58 valence electrons. The van der Waals surface area contributed by atoms with Crippen LogP contribution in [-0.4, -0.2) is 11.5 Å². The van der Waals surface area contributed by atoms with Crippen molar-refractivity contribution in [2.45, 2.75) is 6.92 Å². The van der Waals surface area contributed by atoms with Crippen molar-refractivity contribution >= 4 is 5.57 Å². The highest BCUT2D eigenvalue weighted by Crippen LogP contribution is 2.08. The van der Waals surface area contributed by atoms with Gasteiger partial charge in [0.2, 0.25) is 0 Å². The zero-order valence-electron chi connectivity index (χ0n) is 6.67. The van der Waals surface area contributed by atoms with Crippen LogP contribution in [0, 0.1) is 6.92 Å². The van der Waals surface area contributed by atoms with Gasteiger partial charge in [0.05, 0.1) is 5.69 Å². The normalized spacial score (nSPS) is 9.64. The second kappa shape index (κ2) is 3.30. The zero-order chi connectivity index (χ0) is 8.27. The van der Waals surface area contributed by atoms with Crippen molar-refractivity contribution in [3.05, 3.63) is 36.2 Å². The van der Waals surface area contributed by atoms with E-state index in [9.17, 15) is 0 Å². The van der Waals surface area contributed by atoms with Gasteiger partial charge >= 0.3 is 0 Å². The summed E-state index contributed by atoms with van der Waals surface area (Å²) < 4.78 is 0. The molecule has 1 aromatic heterocycles. The lowest BCUT2D eigenvalue weighted by molar-refractivity contribution is 1.18. The number of aryl methyl sites for hydroxylation is 1. The molecule has 0 bridgehead atoms. The van der Waals surface area contributed by atoms with Crippen LogP contribution in [0.25, 0.3) is 5.57 Å². The van der Waals surface area contributed by atoms with Crippen LogP contribution in [0.4, 0.5) is 0 Å². The van der Waals surface area contributed by atoms with Crippen LogP contribution in [-0.2, 0) is 0 Å². The quantitative estimate of drug-likeness (QED) is 0.687. The number of hydrogen-bond donors (Lipinski definition) is 1. The maximum absolute atomic E-state index is 5.41. The Morgan fingerprint density at radius 1 is 1.73 bits per heavy atom. The lowest BCUT2D eigenvalue weighted by Crippen LogP contribution is -2.02. The fourth-order valence-corrected chi connectivity index (χ4v) is 0.834. The Morgan fingerprint density at radius 3 is 3.00 bits per heavy atom. The molecule has 2 nitrogen and oxygen atoms in total. The van der Waals surface area contributed by atoms with Crippen molar-refractivity contribution in [3.8, 4) is 0 Å². The molecule has 0 radical (unpaired) electrons. The van der Waals surface area contributed by atoms with Gasteiger partial charge in [0, 0.05) is 12.7 Å². The summed E-state index contributed by atoms with van der Waals surface area (Å²) in [5.74, 6) is 0. The van der Waals surface area contributed by atoms with E-state index in [1.807, 2.05) is 19.1 Å². The van der Waals surface area contributed by atoms with Crippen LogP contribution < -0.4 is 5.73 Å². The first-order valence-electron chi connectivity index (χ1n) is 3.55. The van der Waals surface area contributed by atoms with Gasteiger partial charge in [0.25, 0.3) is 0 Å². The van der Waals surface area contributed by atoms with E-state index in [4.69, 9.17) is 5.73 Å². The van der Waals surface area contributed by atoms with E-state index in [1.54, 1.807) is 6.20 Å². The summed E-state index contributed by atoms with van der Waals surface area (Å²) in [6.07, 6.45) is 1.77. The largest absolute Gasteiger partial charge is 0.326 e. The summed E-state index contributed by atoms with van der Waals surface area (Å²) >= 11 is 0. The third-order valence-corrected chi connectivity index (χ3v) is 1.52. The minimum absolute atomic E-state index is 0.469. The molecular weight excluding hydrogens is 136 g/mol. The molecule has 11 heavy (non-hydrogen) atoms. The predicted molar refractivity (Wildman–Crippen MR) is 47.1 cm³/mol. The second-order valence-corrected chi connectivity index (χ2v) is 2.53. The summed E-state index contributed by atoms with van der Waals surface area (Å²) in [5, 5.41) is 0. The minimum atomic E-state index is 0.469. The first-order chi connectivity index (χ1) is 5.24. The summed E-state index contributed by atoms with van der Waals surface area (Å²) in [4.78, 5) is 4.13. The molecule has 0 saturated carbocycles. The molecule has 0 unspecified atom stereocenters. The van der Waals surface area contributed by atoms with Gasteiger partial charge in [0.1, 0.15) is 0 Å². The molecule has 1 aromatic rings. The highest BCUT2D eigenvalue weighted by Gasteiger charge is 1.96. The highest BCUT2D eigenvalue weighted by molar-refractivity contribution is 5.61. The molecule has 0 spiro atoms. The highest BCUT2D eigenvalue weighted by atomic mass is 14.7. The molecule has 1 heterocycles. The van der Waals surface area contributed by atoms with Gasteiger partial charge in [-0.25, -0.2) is 0 Å². The van der Waals surface area contributed by atoms with Gasteiger partial charge in [-0.2, -0.15) is 0 Å². The number of pyridine rings is 1. The van der Waals surface area contributed by atoms with E-state index in [2.05, 4.69) is 11.6 Å². The lowest BCUT2D eigenvalue weighted by atomic mass is 10.1. The van der Waals surface area contributed by atoms with Crippen molar-refractivity contribution in [1.29, 1.82) is 0 Å². The number of rotatable bonds is 2. The topological polar surface area (TPSA) is 38.9 Å². The average molecular weight is 148 g/mol. The summed E-state index contributed by atoms with van der Waals surface area (Å²) in [6.45, 7) is 6.29. The molecule has 0 saturated heterocycles. The van der Waals surface area contributed by atoms with Crippen molar-refractivity contribution in [1.82, 2.24) is 4.98 Å². The molecule has 0 atom stereocenters. The van der Waals surface area contributed by atoms with Crippen LogP contribution in [0.15, 0.2) is 24.9 Å². The predicted octanol–water partition coefficient (Wildman–Crippen LogP) is 1.36. The Morgan fingerprint density at radius 2 is 2.45 bits per heavy atom. The van der Waals surface area contributed by atoms with Crippen LogP contribution >= 0.6 is 0 Å². The molecule has 2 N–H and O–H groups in total. The Bertz CT molecular complexity index is 266. The summed E-state index contributed by atoms with van der Waals surface area (Å²) in [6, 6.07) is 3.93. The molecule has 0 aliphatic rings. The molecule has 0 amide bonds. The summed E-state index contributed by atoms with van der Waals surface area (Å²) in [5.41, 5.74) is 8.38. The number of hydrogen-bond acceptors (Lipinski definition) is 2. The van der Waals surface area contributed by atoms with Gasteiger partial charge in [-0.1, -0.05) is 6.58 Å². The number of nitrogens with zero attached hydrogens (tertiary/aromatic N) is 1. The van der Waals surface area contributed by atoms with Gasteiger partial charge in [-0.15, -0.1) is 0 Å². The van der Waals surface area contributed by atoms with E-state index in [0.29, 0.717) is 6.54 Å². The first-order valence-corrected chi connectivity index (χ1v) is 3.55. The van der Waals surface area contributed by atoms with Crippen molar-refractivity contribution in [3.63, 3.8) is 0 Å². The third kappa shape index (κ3) is 1.88. The van der Waals surface area contributed by atoms with E-state index < -0.39 is 0 Å². The zero-order valence-corrected chi connectivity index (χ0v) is 6.67. The number of nitrogens with two attached hydrogens (primary N) is 1. The maximum Gasteiger partial charge on any atom is 0.0671 e. The van der Waals surface area contributed by atoms with Crippen molar-refractivity contribution < 1.29 is 0 Å². The van der Waals surface area contributed by atoms with Gasteiger partial charge in [0.15, 0.2) is 0 Å². The van der Waals surface area contributed by atoms with E-state index in [0.717, 1.165) is 11.3 Å². The Labute approximate surface area is 66.8 Å². The molecular formula is C9H12N2. The molecule has 0 fully saturated rings. The van der Waals surface area contributed by atoms with E-state index in [-0.39, 0.29) is 0 Å². The molecule has 1 rings (SSSR count). The fraction of sp³-hybridized carbons (Fsp3) is 0.222. The lowest BCUT2D eigenvalue weighted by Gasteiger charge is -2.01. The molecule has 2 heteroatoms. The van der Waals surface area contributed by atoms with Gasteiger partial charge < -0.3 is 5.73 Å². The van der Waals surface area contributed by atoms with Crippen molar-refractivity contribution in [2.24, 2.45) is 5.73 Å². The monoisotopic (exact) mass is 148 g/mol. The Hall–Kier alpha value is -1.15. The molecule has 0 aliphatic carbocycles. The summed E-state index contributed by atoms with van der Waals surface area (Å²) in [7, 11) is 0. The van der Waals surface area contributed by atoms with Crippen LogP contribution in [0.1, 0.15) is 11.3 Å². The van der Waals surface area contributed by atoms with Crippen LogP contribution in [0.3, 0.4) is 0 Å². The Balaban J connectivity index is 2.96. The fourth-order valence-electron chi connectivity index (χ4n) is 0.834. The second-order valence-electron chi connectivity index (χ2n) is 2.53. The Kier molecular flexibility index (Phi) is 2.39. The van der Waals surface area contributed by atoms with Crippen LogP contribution in [0.5, 0.6) is 0 Å². The van der Waals surface area contributed by atoms with E-state index in [1.165, 1.54) is 5.56 Å². The smallest absolute Gasteiger partial charge is 0.0671 e. The first kappa shape index (κ1) is 7.95. The molecule has 0 aliphatic heterocycles. The SMILES string of the molecule is C=C(CN)c1cc(C)ccn1. The van der Waals surface area contributed by atoms with Crippen LogP contribution in [0.2, 0.25) is 0 Å². The number of aromatic nitrogens is 1. The minimum Gasteiger partial charge on any atom is -0.326 e. The third-order valence-electron chi connectivity index (χ3n) is 1.52. The molecule has 0 aromatic carbocycles. The van der Waals surface area contributed by atoms with Crippen molar-refractivity contribution in [2.75, 3.05) is 6.54 Å². The van der Waals surface area contributed by atoms with Gasteiger partial charge in [-0.05, 0) is 30.2 Å². The van der Waals surface area contributed by atoms with E-state index >= 15 is 0 Å². The standard InChI is InChI=1S/C9H12N2/c1-7-3-4-11-9(5-7)8(2)6-10/h3-5H,2,6,10H2,1H3. The van der Waals surface area contributed by atoms with Gasteiger partial charge in [-0.3, -0.25) is 4.98 Å². The average Bonchev–Trinajstić information content (AvgIpc) is 2.03. The maximum atomic E-state index is 5.41.